The van der Waals surface area contributed by atoms with Crippen molar-refractivity contribution < 1.29 is 14.6 Å². The Labute approximate surface area is 142 Å². The van der Waals surface area contributed by atoms with E-state index < -0.39 is 0 Å². The summed E-state index contributed by atoms with van der Waals surface area (Å²) in [7, 11) is 0. The Morgan fingerprint density at radius 1 is 1.13 bits per heavy atom. The summed E-state index contributed by atoms with van der Waals surface area (Å²) in [5, 5.41) is 10.1. The van der Waals surface area contributed by atoms with E-state index in [9.17, 15) is 5.11 Å². The van der Waals surface area contributed by atoms with E-state index in [-0.39, 0.29) is 6.61 Å². The summed E-state index contributed by atoms with van der Waals surface area (Å²) < 4.78 is 11.7. The van der Waals surface area contributed by atoms with Crippen molar-refractivity contribution in [2.45, 2.75) is 26.6 Å². The largest absolute Gasteiger partial charge is 0.490 e. The molecular formula is C19H21ClO3. The van der Waals surface area contributed by atoms with Crippen LogP contribution in [0, 0.1) is 0 Å². The summed E-state index contributed by atoms with van der Waals surface area (Å²) in [6.07, 6.45) is 2.45. The third kappa shape index (κ3) is 4.75. The topological polar surface area (TPSA) is 38.7 Å². The van der Waals surface area contributed by atoms with Crippen LogP contribution >= 0.6 is 11.6 Å². The highest BCUT2D eigenvalue weighted by molar-refractivity contribution is 6.30. The number of ether oxygens (including phenoxy) is 2. The van der Waals surface area contributed by atoms with Gasteiger partial charge in [-0.1, -0.05) is 29.8 Å². The molecule has 0 saturated carbocycles. The highest BCUT2D eigenvalue weighted by atomic mass is 35.5. The van der Waals surface area contributed by atoms with E-state index >= 15 is 0 Å². The fraction of sp³-hybridized carbons (Fsp3) is 0.263. The number of hydrogen-bond acceptors (Lipinski definition) is 3. The maximum absolute atomic E-state index is 9.41. The third-order valence-electron chi connectivity index (χ3n) is 3.33. The first-order valence-corrected chi connectivity index (χ1v) is 7.93. The summed E-state index contributed by atoms with van der Waals surface area (Å²) >= 11 is 5.90. The standard InChI is InChI=1S/C19H21ClO3/c1-3-5-16-10-15(12-21)11-18(22-4-2)19(16)23-13-14-6-8-17(20)9-7-14/h3,6-11,21H,1,4-5,12-13H2,2H3. The number of halogens is 1. The van der Waals surface area contributed by atoms with Gasteiger partial charge in [-0.3, -0.25) is 0 Å². The second-order valence-corrected chi connectivity index (χ2v) is 5.52. The minimum absolute atomic E-state index is 0.0400. The molecule has 0 saturated heterocycles. The van der Waals surface area contributed by atoms with Crippen LogP contribution in [0.1, 0.15) is 23.6 Å². The predicted octanol–water partition coefficient (Wildman–Crippen LogP) is 4.54. The van der Waals surface area contributed by atoms with Gasteiger partial charge in [-0.2, -0.15) is 0 Å². The van der Waals surface area contributed by atoms with Crippen LogP contribution in [0.5, 0.6) is 11.5 Å². The van der Waals surface area contributed by atoms with Crippen molar-refractivity contribution in [3.8, 4) is 11.5 Å². The van der Waals surface area contributed by atoms with E-state index in [1.165, 1.54) is 0 Å². The Bertz CT molecular complexity index is 650. The van der Waals surface area contributed by atoms with Gasteiger partial charge in [-0.05, 0) is 48.7 Å². The van der Waals surface area contributed by atoms with Gasteiger partial charge in [-0.15, -0.1) is 6.58 Å². The van der Waals surface area contributed by atoms with Crippen molar-refractivity contribution in [1.29, 1.82) is 0 Å². The summed E-state index contributed by atoms with van der Waals surface area (Å²) in [6.45, 7) is 6.61. The van der Waals surface area contributed by atoms with Crippen molar-refractivity contribution in [3.05, 3.63) is 70.8 Å². The maximum Gasteiger partial charge on any atom is 0.165 e. The van der Waals surface area contributed by atoms with Crippen LogP contribution in [0.15, 0.2) is 49.1 Å². The van der Waals surface area contributed by atoms with Crippen LogP contribution < -0.4 is 9.47 Å². The zero-order chi connectivity index (χ0) is 16.7. The molecule has 4 heteroatoms. The monoisotopic (exact) mass is 332 g/mol. The molecule has 2 aromatic rings. The lowest BCUT2D eigenvalue weighted by atomic mass is 10.1. The van der Waals surface area contributed by atoms with Gasteiger partial charge >= 0.3 is 0 Å². The van der Waals surface area contributed by atoms with E-state index in [0.29, 0.717) is 36.2 Å². The fourth-order valence-electron chi connectivity index (χ4n) is 2.28. The molecule has 0 amide bonds. The average Bonchev–Trinajstić information content (AvgIpc) is 2.56. The molecule has 0 atom stereocenters. The Kier molecular flexibility index (Phi) is 6.51. The molecule has 2 aromatic carbocycles. The van der Waals surface area contributed by atoms with Gasteiger partial charge in [0, 0.05) is 10.6 Å². The summed E-state index contributed by atoms with van der Waals surface area (Å²) in [5.74, 6) is 1.34. The van der Waals surface area contributed by atoms with Crippen LogP contribution in [0.2, 0.25) is 5.02 Å². The Morgan fingerprint density at radius 2 is 1.87 bits per heavy atom. The summed E-state index contributed by atoms with van der Waals surface area (Å²) in [6, 6.07) is 11.3. The van der Waals surface area contributed by atoms with Gasteiger partial charge in [0.05, 0.1) is 13.2 Å². The molecule has 0 aliphatic carbocycles. The molecule has 0 unspecified atom stereocenters. The first-order valence-electron chi connectivity index (χ1n) is 7.55. The minimum Gasteiger partial charge on any atom is -0.490 e. The molecule has 122 valence electrons. The van der Waals surface area contributed by atoms with Crippen LogP contribution in [0.25, 0.3) is 0 Å². The normalized spacial score (nSPS) is 10.4. The molecule has 0 aliphatic heterocycles. The predicted molar refractivity (Wildman–Crippen MR) is 93.2 cm³/mol. The SMILES string of the molecule is C=CCc1cc(CO)cc(OCC)c1OCc1ccc(Cl)cc1. The Hall–Kier alpha value is -1.97. The van der Waals surface area contributed by atoms with E-state index in [1.54, 1.807) is 6.08 Å². The van der Waals surface area contributed by atoms with E-state index in [1.807, 2.05) is 43.3 Å². The quantitative estimate of drug-likeness (QED) is 0.721. The first kappa shape index (κ1) is 17.4. The number of allylic oxidation sites excluding steroid dienone is 1. The molecule has 2 rings (SSSR count). The molecule has 1 N–H and O–H groups in total. The minimum atomic E-state index is -0.0400. The van der Waals surface area contributed by atoms with Gasteiger partial charge < -0.3 is 14.6 Å². The average molecular weight is 333 g/mol. The van der Waals surface area contributed by atoms with Crippen LogP contribution in [0.3, 0.4) is 0 Å². The van der Waals surface area contributed by atoms with Crippen LogP contribution in [-0.4, -0.2) is 11.7 Å². The first-order chi connectivity index (χ1) is 11.2. The number of aliphatic hydroxyl groups excluding tert-OH is 1. The molecule has 23 heavy (non-hydrogen) atoms. The lowest BCUT2D eigenvalue weighted by Gasteiger charge is -2.17. The van der Waals surface area contributed by atoms with Crippen molar-refractivity contribution in [2.75, 3.05) is 6.61 Å². The highest BCUT2D eigenvalue weighted by Gasteiger charge is 2.13. The van der Waals surface area contributed by atoms with Gasteiger partial charge in [0.15, 0.2) is 11.5 Å². The van der Waals surface area contributed by atoms with Crippen molar-refractivity contribution >= 4 is 11.6 Å². The maximum atomic E-state index is 9.41. The van der Waals surface area contributed by atoms with Crippen LogP contribution in [0.4, 0.5) is 0 Å². The van der Waals surface area contributed by atoms with Crippen molar-refractivity contribution in [3.63, 3.8) is 0 Å². The lowest BCUT2D eigenvalue weighted by Crippen LogP contribution is -2.04. The van der Waals surface area contributed by atoms with E-state index in [0.717, 1.165) is 16.7 Å². The highest BCUT2D eigenvalue weighted by Crippen LogP contribution is 2.34. The molecule has 0 aromatic heterocycles. The molecule has 3 nitrogen and oxygen atoms in total. The lowest BCUT2D eigenvalue weighted by molar-refractivity contribution is 0.261. The van der Waals surface area contributed by atoms with Crippen LogP contribution in [-0.2, 0) is 19.6 Å². The second kappa shape index (κ2) is 8.61. The number of rotatable bonds is 8. The van der Waals surface area contributed by atoms with Gasteiger partial charge in [-0.25, -0.2) is 0 Å². The third-order valence-corrected chi connectivity index (χ3v) is 3.59. The molecule has 0 spiro atoms. The van der Waals surface area contributed by atoms with Crippen molar-refractivity contribution in [2.24, 2.45) is 0 Å². The smallest absolute Gasteiger partial charge is 0.165 e. The number of aliphatic hydroxyl groups is 1. The molecule has 0 heterocycles. The number of hydrogen-bond donors (Lipinski definition) is 1. The van der Waals surface area contributed by atoms with E-state index in [2.05, 4.69) is 6.58 Å². The fourth-order valence-corrected chi connectivity index (χ4v) is 2.41. The zero-order valence-electron chi connectivity index (χ0n) is 13.2. The van der Waals surface area contributed by atoms with Crippen molar-refractivity contribution in [1.82, 2.24) is 0 Å². The Balaban J connectivity index is 2.29. The molecular weight excluding hydrogens is 312 g/mol. The van der Waals surface area contributed by atoms with E-state index in [4.69, 9.17) is 21.1 Å². The molecule has 0 aliphatic rings. The van der Waals surface area contributed by atoms with Gasteiger partial charge in [0.25, 0.3) is 0 Å². The van der Waals surface area contributed by atoms with Gasteiger partial charge in [0.2, 0.25) is 0 Å². The Morgan fingerprint density at radius 3 is 2.48 bits per heavy atom. The second-order valence-electron chi connectivity index (χ2n) is 5.08. The summed E-state index contributed by atoms with van der Waals surface area (Å²) in [4.78, 5) is 0. The zero-order valence-corrected chi connectivity index (χ0v) is 14.0. The summed E-state index contributed by atoms with van der Waals surface area (Å²) in [5.41, 5.74) is 2.76. The van der Waals surface area contributed by atoms with Gasteiger partial charge in [0.1, 0.15) is 6.61 Å². The molecule has 0 bridgehead atoms. The molecule has 0 radical (unpaired) electrons. The number of benzene rings is 2. The molecule has 0 fully saturated rings.